The number of fused-ring (bicyclic) bond motifs is 1. The third-order valence-corrected chi connectivity index (χ3v) is 4.50. The van der Waals surface area contributed by atoms with E-state index < -0.39 is 0 Å². The molecule has 0 fully saturated rings. The van der Waals surface area contributed by atoms with E-state index in [4.69, 9.17) is 32.7 Å². The van der Waals surface area contributed by atoms with E-state index in [1.807, 2.05) is 26.8 Å². The molecule has 0 aliphatic carbocycles. The van der Waals surface area contributed by atoms with Gasteiger partial charge in [-0.05, 0) is 13.0 Å². The standard InChI is InChI=1S/C17H16Cl2N4O2.C3H8.C2H6/c1-8-21-7-9-5-10(23-17(20-2)16(9)22-8)13-14(18)11(24-3)6-12(25-4)15(13)19;1-3-2;1-2/h5-7H,1-4H3,(H,20,23);3H2,1-2H3;1-2H3. The van der Waals surface area contributed by atoms with Gasteiger partial charge in [-0.25, -0.2) is 15.0 Å². The molecule has 0 saturated heterocycles. The molecule has 0 bridgehead atoms. The lowest BCUT2D eigenvalue weighted by molar-refractivity contribution is 0.395. The van der Waals surface area contributed by atoms with Crippen LogP contribution in [-0.2, 0) is 0 Å². The molecule has 164 valence electrons. The molecule has 0 unspecified atom stereocenters. The minimum absolute atomic E-state index is 0.357. The van der Waals surface area contributed by atoms with Crippen molar-refractivity contribution in [2.75, 3.05) is 26.6 Å². The molecule has 0 aliphatic rings. The van der Waals surface area contributed by atoms with Crippen LogP contribution in [0.25, 0.3) is 22.2 Å². The normalized spacial score (nSPS) is 9.80. The van der Waals surface area contributed by atoms with Crippen LogP contribution in [0.4, 0.5) is 5.82 Å². The maximum Gasteiger partial charge on any atom is 0.153 e. The first kappa shape index (κ1) is 25.7. The van der Waals surface area contributed by atoms with Gasteiger partial charge in [0.2, 0.25) is 0 Å². The van der Waals surface area contributed by atoms with Gasteiger partial charge in [0.15, 0.2) is 5.82 Å². The highest BCUT2D eigenvalue weighted by atomic mass is 35.5. The van der Waals surface area contributed by atoms with E-state index in [2.05, 4.69) is 34.1 Å². The number of aromatic nitrogens is 3. The van der Waals surface area contributed by atoms with E-state index >= 15 is 0 Å². The van der Waals surface area contributed by atoms with E-state index in [0.717, 1.165) is 10.9 Å². The average Bonchev–Trinajstić information content (AvgIpc) is 2.75. The Kier molecular flexibility index (Phi) is 10.6. The highest BCUT2D eigenvalue weighted by Gasteiger charge is 2.21. The van der Waals surface area contributed by atoms with Crippen molar-refractivity contribution in [3.63, 3.8) is 0 Å². The molecule has 30 heavy (non-hydrogen) atoms. The lowest BCUT2D eigenvalue weighted by Gasteiger charge is -2.15. The fourth-order valence-electron chi connectivity index (χ4n) is 2.54. The minimum Gasteiger partial charge on any atom is -0.495 e. The molecule has 3 rings (SSSR count). The van der Waals surface area contributed by atoms with Gasteiger partial charge in [0.1, 0.15) is 22.8 Å². The summed E-state index contributed by atoms with van der Waals surface area (Å²) in [6.07, 6.45) is 2.99. The third-order valence-electron chi connectivity index (χ3n) is 3.75. The maximum atomic E-state index is 6.49. The first-order chi connectivity index (χ1) is 14.4. The lowest BCUT2D eigenvalue weighted by Crippen LogP contribution is -2.00. The van der Waals surface area contributed by atoms with E-state index in [0.29, 0.717) is 44.4 Å². The van der Waals surface area contributed by atoms with Gasteiger partial charge in [-0.2, -0.15) is 0 Å². The Morgan fingerprint density at radius 3 is 1.97 bits per heavy atom. The highest BCUT2D eigenvalue weighted by molar-refractivity contribution is 6.41. The molecule has 0 amide bonds. The first-order valence-electron chi connectivity index (χ1n) is 9.84. The van der Waals surface area contributed by atoms with Gasteiger partial charge in [-0.3, -0.25) is 0 Å². The Labute approximate surface area is 189 Å². The molecule has 3 aromatic rings. The number of hydrogen-bond donors (Lipinski definition) is 1. The SMILES string of the molecule is CC.CCC.CNc1nc(-c2c(Cl)c(OC)cc(OC)c2Cl)cc2cnc(C)nc12. The summed E-state index contributed by atoms with van der Waals surface area (Å²) in [5.74, 6) is 2.17. The van der Waals surface area contributed by atoms with Crippen LogP contribution in [0.3, 0.4) is 0 Å². The van der Waals surface area contributed by atoms with E-state index in [-0.39, 0.29) is 0 Å². The van der Waals surface area contributed by atoms with Gasteiger partial charge in [0.05, 0.1) is 30.0 Å². The maximum absolute atomic E-state index is 6.49. The summed E-state index contributed by atoms with van der Waals surface area (Å²) in [5.41, 5.74) is 1.82. The lowest BCUT2D eigenvalue weighted by atomic mass is 10.1. The number of hydrogen-bond acceptors (Lipinski definition) is 6. The largest absolute Gasteiger partial charge is 0.495 e. The van der Waals surface area contributed by atoms with Crippen LogP contribution < -0.4 is 14.8 Å². The van der Waals surface area contributed by atoms with Crippen molar-refractivity contribution in [1.82, 2.24) is 15.0 Å². The predicted octanol–water partition coefficient (Wildman–Crippen LogP) is 6.81. The smallest absolute Gasteiger partial charge is 0.153 e. The monoisotopic (exact) mass is 452 g/mol. The number of rotatable bonds is 4. The first-order valence-corrected chi connectivity index (χ1v) is 10.6. The molecule has 0 atom stereocenters. The zero-order valence-electron chi connectivity index (χ0n) is 18.9. The number of benzene rings is 1. The van der Waals surface area contributed by atoms with Crippen molar-refractivity contribution in [3.8, 4) is 22.8 Å². The van der Waals surface area contributed by atoms with Gasteiger partial charge >= 0.3 is 0 Å². The zero-order valence-corrected chi connectivity index (χ0v) is 20.4. The van der Waals surface area contributed by atoms with Crippen LogP contribution in [0.15, 0.2) is 18.3 Å². The van der Waals surface area contributed by atoms with Crippen LogP contribution in [0.5, 0.6) is 11.5 Å². The molecule has 1 N–H and O–H groups in total. The second kappa shape index (κ2) is 12.4. The summed E-state index contributed by atoms with van der Waals surface area (Å²) in [6.45, 7) is 10.1. The van der Waals surface area contributed by atoms with Gasteiger partial charge in [-0.15, -0.1) is 0 Å². The number of anilines is 1. The minimum atomic E-state index is 0.357. The summed E-state index contributed by atoms with van der Waals surface area (Å²) >= 11 is 13.0. The second-order valence-corrected chi connectivity index (χ2v) is 6.71. The Morgan fingerprint density at radius 2 is 1.50 bits per heavy atom. The number of ether oxygens (including phenoxy) is 2. The van der Waals surface area contributed by atoms with Gasteiger partial charge in [-0.1, -0.05) is 57.3 Å². The molecule has 8 heteroatoms. The number of aryl methyl sites for hydroxylation is 1. The van der Waals surface area contributed by atoms with Crippen molar-refractivity contribution in [3.05, 3.63) is 34.2 Å². The molecule has 0 radical (unpaired) electrons. The Bertz CT molecular complexity index is 953. The van der Waals surface area contributed by atoms with Crippen molar-refractivity contribution >= 4 is 39.9 Å². The molecule has 1 aromatic carbocycles. The molecule has 0 aliphatic heterocycles. The summed E-state index contributed by atoms with van der Waals surface area (Å²) in [4.78, 5) is 13.3. The van der Waals surface area contributed by atoms with Crippen molar-refractivity contribution in [2.45, 2.75) is 41.0 Å². The topological polar surface area (TPSA) is 69.2 Å². The fraction of sp³-hybridized carbons (Fsp3) is 0.409. The highest BCUT2D eigenvalue weighted by Crippen LogP contribution is 2.46. The number of nitrogens with zero attached hydrogens (tertiary/aromatic N) is 3. The van der Waals surface area contributed by atoms with Crippen LogP contribution in [-0.4, -0.2) is 36.2 Å². The van der Waals surface area contributed by atoms with Crippen molar-refractivity contribution in [1.29, 1.82) is 0 Å². The number of nitrogens with one attached hydrogen (secondary N) is 1. The molecular formula is C22H30Cl2N4O2. The third kappa shape index (κ3) is 5.64. The summed E-state index contributed by atoms with van der Waals surface area (Å²) < 4.78 is 10.7. The predicted molar refractivity (Wildman–Crippen MR) is 127 cm³/mol. The Morgan fingerprint density at radius 1 is 0.967 bits per heavy atom. The molecular weight excluding hydrogens is 423 g/mol. The quantitative estimate of drug-likeness (QED) is 0.468. The van der Waals surface area contributed by atoms with Crippen LogP contribution in [0, 0.1) is 6.92 Å². The number of halogens is 2. The molecule has 0 spiro atoms. The van der Waals surface area contributed by atoms with Crippen molar-refractivity contribution in [2.24, 2.45) is 0 Å². The molecule has 6 nitrogen and oxygen atoms in total. The van der Waals surface area contributed by atoms with Crippen molar-refractivity contribution < 1.29 is 9.47 Å². The van der Waals surface area contributed by atoms with E-state index in [1.54, 1.807) is 19.3 Å². The summed E-state index contributed by atoms with van der Waals surface area (Å²) in [7, 11) is 4.84. The van der Waals surface area contributed by atoms with Gasteiger partial charge < -0.3 is 14.8 Å². The van der Waals surface area contributed by atoms with Crippen LogP contribution in [0.2, 0.25) is 10.0 Å². The molecule has 2 heterocycles. The van der Waals surface area contributed by atoms with Crippen LogP contribution >= 0.6 is 23.2 Å². The molecule has 2 aromatic heterocycles. The summed E-state index contributed by atoms with van der Waals surface area (Å²) in [6, 6.07) is 3.47. The van der Waals surface area contributed by atoms with E-state index in [9.17, 15) is 0 Å². The fourth-order valence-corrected chi connectivity index (χ4v) is 3.23. The number of pyridine rings is 1. The Hall–Kier alpha value is -2.31. The Balaban J connectivity index is 0.000000826. The average molecular weight is 453 g/mol. The molecule has 0 saturated carbocycles. The second-order valence-electron chi connectivity index (χ2n) is 5.95. The zero-order chi connectivity index (χ0) is 22.8. The number of methoxy groups -OCH3 is 2. The van der Waals surface area contributed by atoms with Crippen LogP contribution in [0.1, 0.15) is 39.9 Å². The van der Waals surface area contributed by atoms with Gasteiger partial charge in [0.25, 0.3) is 0 Å². The van der Waals surface area contributed by atoms with Gasteiger partial charge in [0, 0.05) is 30.3 Å². The van der Waals surface area contributed by atoms with E-state index in [1.165, 1.54) is 20.6 Å². The summed E-state index contributed by atoms with van der Waals surface area (Å²) in [5, 5.41) is 4.58.